The van der Waals surface area contributed by atoms with E-state index in [0.717, 1.165) is 27.3 Å². The molecule has 0 spiro atoms. The van der Waals surface area contributed by atoms with Crippen LogP contribution in [-0.2, 0) is 0 Å². The largest absolute Gasteiger partial charge is 0.339 e. The number of carbonyl (C=O) groups excluding carboxylic acids is 1. The monoisotopic (exact) mass is 348 g/mol. The van der Waals surface area contributed by atoms with Gasteiger partial charge in [0.2, 0.25) is 5.78 Å². The highest BCUT2D eigenvalue weighted by atomic mass is 32.2. The zero-order valence-electron chi connectivity index (χ0n) is 13.9. The molecule has 2 heterocycles. The lowest BCUT2D eigenvalue weighted by molar-refractivity contribution is 0.241. The number of hydrogen-bond donors (Lipinski definition) is 0. The molecule has 0 saturated heterocycles. The summed E-state index contributed by atoms with van der Waals surface area (Å²) in [6.45, 7) is 0. The van der Waals surface area contributed by atoms with Gasteiger partial charge >= 0.3 is 0 Å². The molecule has 0 aliphatic carbocycles. The molecule has 6 heteroatoms. The average molecular weight is 348 g/mol. The summed E-state index contributed by atoms with van der Waals surface area (Å²) in [5, 5.41) is 0.738. The van der Waals surface area contributed by atoms with Crippen molar-refractivity contribution < 1.29 is 4.79 Å². The Morgan fingerprint density at radius 3 is 2.36 bits per heavy atom. The average Bonchev–Trinajstić information content (AvgIpc) is 3.03. The Balaban J connectivity index is 2.02. The zero-order valence-corrected chi connectivity index (χ0v) is 14.7. The molecule has 0 aliphatic heterocycles. The SMILES string of the molecule is CN(C)C(=O)Sc1c(-c2ccccc2)nc2nc3cccccc3n12. The van der Waals surface area contributed by atoms with E-state index in [1.54, 1.807) is 19.0 Å². The maximum Gasteiger partial charge on any atom is 0.287 e. The van der Waals surface area contributed by atoms with E-state index in [-0.39, 0.29) is 5.24 Å². The van der Waals surface area contributed by atoms with E-state index < -0.39 is 0 Å². The summed E-state index contributed by atoms with van der Waals surface area (Å²) in [5.41, 5.74) is 3.53. The number of amides is 1. The van der Waals surface area contributed by atoms with Crippen molar-refractivity contribution in [3.8, 4) is 11.3 Å². The van der Waals surface area contributed by atoms with Crippen molar-refractivity contribution >= 4 is 33.8 Å². The number of imidazole rings is 2. The molecular formula is C19H16N4OS. The third kappa shape index (κ3) is 2.74. The van der Waals surface area contributed by atoms with E-state index in [4.69, 9.17) is 4.98 Å². The minimum atomic E-state index is -0.0476. The van der Waals surface area contributed by atoms with E-state index >= 15 is 0 Å². The van der Waals surface area contributed by atoms with Crippen LogP contribution in [0, 0.1) is 0 Å². The number of fused-ring (bicyclic) bond motifs is 3. The molecule has 0 fully saturated rings. The quantitative estimate of drug-likeness (QED) is 0.506. The first-order valence-electron chi connectivity index (χ1n) is 7.87. The van der Waals surface area contributed by atoms with Crippen LogP contribution >= 0.6 is 11.8 Å². The minimum absolute atomic E-state index is 0.0476. The second-order valence-electron chi connectivity index (χ2n) is 5.82. The third-order valence-electron chi connectivity index (χ3n) is 3.87. The van der Waals surface area contributed by atoms with Crippen molar-refractivity contribution in [2.24, 2.45) is 0 Å². The molecule has 0 bridgehead atoms. The predicted octanol–water partition coefficient (Wildman–Crippen LogP) is 4.32. The summed E-state index contributed by atoms with van der Waals surface area (Å²) in [5.74, 6) is 0.606. The van der Waals surface area contributed by atoms with Gasteiger partial charge in [-0.25, -0.2) is 9.97 Å². The Hall–Kier alpha value is -2.86. The molecule has 0 saturated carbocycles. The first-order valence-corrected chi connectivity index (χ1v) is 8.68. The second-order valence-corrected chi connectivity index (χ2v) is 6.76. The Bertz CT molecular complexity index is 1070. The lowest BCUT2D eigenvalue weighted by atomic mass is 10.2. The van der Waals surface area contributed by atoms with Gasteiger partial charge in [0.05, 0.1) is 11.0 Å². The van der Waals surface area contributed by atoms with Gasteiger partial charge in [-0.3, -0.25) is 9.20 Å². The number of aromatic nitrogens is 3. The Kier molecular flexibility index (Phi) is 3.89. The van der Waals surface area contributed by atoms with Gasteiger partial charge in [-0.1, -0.05) is 48.5 Å². The summed E-state index contributed by atoms with van der Waals surface area (Å²) in [6, 6.07) is 19.7. The van der Waals surface area contributed by atoms with Crippen LogP contribution in [0.5, 0.6) is 0 Å². The summed E-state index contributed by atoms with van der Waals surface area (Å²) >= 11 is 1.17. The fourth-order valence-corrected chi connectivity index (χ4v) is 3.54. The van der Waals surface area contributed by atoms with Gasteiger partial charge in [-0.15, -0.1) is 0 Å². The molecule has 0 atom stereocenters. The van der Waals surface area contributed by atoms with Crippen LogP contribution in [0.25, 0.3) is 28.1 Å². The fraction of sp³-hybridized carbons (Fsp3) is 0.105. The smallest absolute Gasteiger partial charge is 0.287 e. The normalized spacial score (nSPS) is 11.1. The van der Waals surface area contributed by atoms with Gasteiger partial charge in [0.15, 0.2) is 0 Å². The number of carbonyl (C=O) groups is 1. The molecule has 4 aromatic rings. The molecule has 1 amide bonds. The highest BCUT2D eigenvalue weighted by Gasteiger charge is 2.22. The summed E-state index contributed by atoms with van der Waals surface area (Å²) in [7, 11) is 3.49. The Morgan fingerprint density at radius 2 is 1.64 bits per heavy atom. The molecule has 0 aliphatic rings. The van der Waals surface area contributed by atoms with Crippen molar-refractivity contribution in [3.05, 3.63) is 60.7 Å². The van der Waals surface area contributed by atoms with Gasteiger partial charge in [0.1, 0.15) is 10.7 Å². The van der Waals surface area contributed by atoms with Crippen LogP contribution in [0.4, 0.5) is 4.79 Å². The Morgan fingerprint density at radius 1 is 0.960 bits per heavy atom. The second kappa shape index (κ2) is 6.22. The maximum atomic E-state index is 12.4. The van der Waals surface area contributed by atoms with E-state index in [1.807, 2.05) is 65.1 Å². The van der Waals surface area contributed by atoms with E-state index in [1.165, 1.54) is 11.8 Å². The van der Waals surface area contributed by atoms with Gasteiger partial charge in [-0.05, 0) is 23.9 Å². The highest BCUT2D eigenvalue weighted by molar-refractivity contribution is 8.13. The van der Waals surface area contributed by atoms with Crippen LogP contribution in [0.1, 0.15) is 0 Å². The lowest BCUT2D eigenvalue weighted by Crippen LogP contribution is -2.16. The first kappa shape index (κ1) is 15.7. The zero-order chi connectivity index (χ0) is 17.4. The number of nitrogens with zero attached hydrogens (tertiary/aromatic N) is 4. The van der Waals surface area contributed by atoms with Crippen LogP contribution < -0.4 is 0 Å². The number of rotatable bonds is 2. The maximum absolute atomic E-state index is 12.4. The predicted molar refractivity (Wildman–Crippen MR) is 101 cm³/mol. The van der Waals surface area contributed by atoms with E-state index in [2.05, 4.69) is 4.98 Å². The summed E-state index contributed by atoms with van der Waals surface area (Å²) < 4.78 is 1.96. The van der Waals surface area contributed by atoms with Crippen molar-refractivity contribution in [2.45, 2.75) is 5.03 Å². The van der Waals surface area contributed by atoms with Gasteiger partial charge in [-0.2, -0.15) is 0 Å². The van der Waals surface area contributed by atoms with E-state index in [9.17, 15) is 4.79 Å². The van der Waals surface area contributed by atoms with Crippen molar-refractivity contribution in [2.75, 3.05) is 14.1 Å². The lowest BCUT2D eigenvalue weighted by Gasteiger charge is -2.10. The molecule has 4 rings (SSSR count). The fourth-order valence-electron chi connectivity index (χ4n) is 2.66. The van der Waals surface area contributed by atoms with Crippen LogP contribution in [0.3, 0.4) is 0 Å². The summed E-state index contributed by atoms with van der Waals surface area (Å²) in [4.78, 5) is 23.3. The number of benzene rings is 1. The van der Waals surface area contributed by atoms with Crippen LogP contribution in [-0.4, -0.2) is 38.6 Å². The molecule has 0 N–H and O–H groups in total. The molecular weight excluding hydrogens is 332 g/mol. The summed E-state index contributed by atoms with van der Waals surface area (Å²) in [6.07, 6.45) is 0. The molecule has 2 aromatic heterocycles. The molecule has 2 aromatic carbocycles. The molecule has 124 valence electrons. The third-order valence-corrected chi connectivity index (χ3v) is 4.98. The molecule has 0 unspecified atom stereocenters. The van der Waals surface area contributed by atoms with Crippen molar-refractivity contribution in [3.63, 3.8) is 0 Å². The van der Waals surface area contributed by atoms with E-state index in [0.29, 0.717) is 5.78 Å². The van der Waals surface area contributed by atoms with Crippen LogP contribution in [0.15, 0.2) is 65.7 Å². The standard InChI is InChI=1S/C19H16N4OS/c1-22(2)19(24)25-17-16(13-9-5-3-6-10-13)21-18-20-14-11-7-4-8-12-15(14)23(17)18/h3-12H,1-2H3. The number of thioether (sulfide) groups is 1. The first-order chi connectivity index (χ1) is 12.1. The minimum Gasteiger partial charge on any atom is -0.339 e. The molecule has 0 radical (unpaired) electrons. The van der Waals surface area contributed by atoms with Crippen molar-refractivity contribution in [1.82, 2.24) is 19.3 Å². The number of hydrogen-bond acceptors (Lipinski definition) is 4. The van der Waals surface area contributed by atoms with Gasteiger partial charge in [0, 0.05) is 19.7 Å². The van der Waals surface area contributed by atoms with Gasteiger partial charge < -0.3 is 4.90 Å². The van der Waals surface area contributed by atoms with Crippen molar-refractivity contribution in [1.29, 1.82) is 0 Å². The Labute approximate surface area is 149 Å². The topological polar surface area (TPSA) is 50.5 Å². The van der Waals surface area contributed by atoms with Crippen LogP contribution in [0.2, 0.25) is 0 Å². The van der Waals surface area contributed by atoms with Gasteiger partial charge in [0.25, 0.3) is 5.24 Å². The highest BCUT2D eigenvalue weighted by Crippen LogP contribution is 2.35. The molecule has 5 nitrogen and oxygen atoms in total. The molecule has 25 heavy (non-hydrogen) atoms.